The molecule has 4 aromatic rings. The zero-order chi connectivity index (χ0) is 43.6. The van der Waals surface area contributed by atoms with E-state index >= 15 is 0 Å². The Morgan fingerprint density at radius 2 is 0.721 bits per heavy atom. The van der Waals surface area contributed by atoms with Crippen LogP contribution in [-0.4, -0.2) is 83.8 Å². The van der Waals surface area contributed by atoms with Gasteiger partial charge in [-0.25, -0.2) is 0 Å². The summed E-state index contributed by atoms with van der Waals surface area (Å²) < 4.78 is 36.5. The maximum absolute atomic E-state index is 5.57. The van der Waals surface area contributed by atoms with Gasteiger partial charge in [0, 0.05) is 6.20 Å². The van der Waals surface area contributed by atoms with E-state index in [-0.39, 0.29) is 51.4 Å². The molecule has 0 bridgehead atoms. The van der Waals surface area contributed by atoms with E-state index in [1.807, 2.05) is 0 Å². The number of aromatic nitrogens is 2. The molecule has 0 N–H and O–H groups in total. The van der Waals surface area contributed by atoms with Crippen LogP contribution in [0.5, 0.6) is 0 Å². The van der Waals surface area contributed by atoms with Crippen LogP contribution in [0.3, 0.4) is 0 Å². The molecule has 1 saturated heterocycles. The number of hydrogen-bond acceptors (Lipinski definition) is 6. The molecule has 1 fully saturated rings. The molecular formula is C51H76KN3O6. The minimum atomic E-state index is 0. The Morgan fingerprint density at radius 3 is 1.02 bits per heavy atom. The molecule has 0 amide bonds. The van der Waals surface area contributed by atoms with Crippen LogP contribution >= 0.6 is 0 Å². The van der Waals surface area contributed by atoms with E-state index in [1.165, 1.54) is 44.8 Å². The molecule has 10 heteroatoms. The molecule has 332 valence electrons. The third-order valence-corrected chi connectivity index (χ3v) is 10.6. The second kappa shape index (κ2) is 28.1. The summed E-state index contributed by atoms with van der Waals surface area (Å²) in [6.07, 6.45) is 6.07. The molecule has 0 aliphatic carbocycles. The van der Waals surface area contributed by atoms with Crippen LogP contribution in [0.2, 0.25) is 0 Å². The van der Waals surface area contributed by atoms with Gasteiger partial charge in [0.05, 0.1) is 96.5 Å². The third-order valence-electron chi connectivity index (χ3n) is 10.6. The fourth-order valence-electron chi connectivity index (χ4n) is 7.35. The van der Waals surface area contributed by atoms with E-state index in [0.29, 0.717) is 115 Å². The molecule has 9 nitrogen and oxygen atoms in total. The number of nitrogens with zero attached hydrogens (tertiary/aromatic N) is 3. The summed E-state index contributed by atoms with van der Waals surface area (Å²) in [7, 11) is 0. The van der Waals surface area contributed by atoms with Crippen molar-refractivity contribution in [2.24, 2.45) is 0 Å². The van der Waals surface area contributed by atoms with Gasteiger partial charge in [0.25, 0.3) is 6.33 Å². The zero-order valence-electron chi connectivity index (χ0n) is 40.0. The molecule has 1 aromatic heterocycles. The number of rotatable bonds is 10. The average molecular weight is 866 g/mol. The summed E-state index contributed by atoms with van der Waals surface area (Å²) >= 11 is 0. The van der Waals surface area contributed by atoms with Gasteiger partial charge < -0.3 is 33.7 Å². The smallest absolute Gasteiger partial charge is 0.438 e. The van der Waals surface area contributed by atoms with Crippen molar-refractivity contribution in [1.82, 2.24) is 4.57 Å². The fraction of sp³-hybridized carbons (Fsp3) is 0.588. The second-order valence-electron chi connectivity index (χ2n) is 17.4. The molecule has 0 saturated carbocycles. The van der Waals surface area contributed by atoms with Crippen molar-refractivity contribution in [2.45, 2.75) is 119 Å². The summed E-state index contributed by atoms with van der Waals surface area (Å²) in [6.45, 7) is 34.4. The standard InChI is InChI=1S/C39H52N3.C12H24O6.K/c1-24(2)30-16-13-17-31(25(3)4)37(30)40-36-22-41(38-32(26(5)6)18-14-19-33(38)27(7)8)23-42(36)39-34(28(9)10)20-15-21-35(39)29(11)12;1-2-14-5-6-16-9-10-18-12-11-17-8-7-15-4-3-13-1;/h13-22,24-29H,1-12H3;1-12H2;/q-1;;+1. The first-order valence-electron chi connectivity index (χ1n) is 22.5. The first-order chi connectivity index (χ1) is 28.8. The molecule has 0 spiro atoms. The molecule has 1 aliphatic rings. The monoisotopic (exact) mass is 866 g/mol. The Balaban J connectivity index is 0.000000439. The molecule has 0 unspecified atom stereocenters. The first kappa shape index (κ1) is 53.4. The molecule has 5 rings (SSSR count). The number of ether oxygens (including phenoxy) is 6. The topological polar surface area (TPSA) is 78.3 Å². The summed E-state index contributed by atoms with van der Waals surface area (Å²) in [5.74, 6) is 3.13. The van der Waals surface area contributed by atoms with Gasteiger partial charge in [-0.1, -0.05) is 138 Å². The fourth-order valence-corrected chi connectivity index (χ4v) is 7.35. The summed E-state index contributed by atoms with van der Waals surface area (Å²) in [5, 5.41) is 5.57. The van der Waals surface area contributed by atoms with Crippen LogP contribution < -0.4 is 56.0 Å². The minimum Gasteiger partial charge on any atom is -0.438 e. The van der Waals surface area contributed by atoms with Gasteiger partial charge in [0.1, 0.15) is 0 Å². The van der Waals surface area contributed by atoms with Gasteiger partial charge >= 0.3 is 51.4 Å². The molecule has 2 heterocycles. The maximum Gasteiger partial charge on any atom is 1.00 e. The zero-order valence-corrected chi connectivity index (χ0v) is 43.1. The van der Waals surface area contributed by atoms with Crippen molar-refractivity contribution >= 4 is 11.5 Å². The molecule has 0 radical (unpaired) electrons. The van der Waals surface area contributed by atoms with Crippen molar-refractivity contribution in [3.05, 3.63) is 106 Å². The van der Waals surface area contributed by atoms with Crippen molar-refractivity contribution in [2.75, 3.05) is 79.3 Å². The van der Waals surface area contributed by atoms with Gasteiger partial charge in [-0.2, -0.15) is 0 Å². The quantitative estimate of drug-likeness (QED) is 0.0903. The molecule has 61 heavy (non-hydrogen) atoms. The SMILES string of the molecule is C1COCCOCCOCCOCCOCCO1.CC(C)c1cccc(C(C)C)c1[N-]c1c[n+](-c2c(C(C)C)cccc2C(C)C)[c-]n1-c1c(C(C)C)cccc1C(C)C.[K+]. The van der Waals surface area contributed by atoms with Crippen molar-refractivity contribution < 1.29 is 84.4 Å². The van der Waals surface area contributed by atoms with E-state index in [0.717, 1.165) is 11.5 Å². The summed E-state index contributed by atoms with van der Waals surface area (Å²) in [5.41, 5.74) is 11.4. The van der Waals surface area contributed by atoms with Crippen LogP contribution in [0.4, 0.5) is 11.5 Å². The Bertz CT molecular complexity index is 1700. The Labute approximate surface area is 412 Å². The summed E-state index contributed by atoms with van der Waals surface area (Å²) in [4.78, 5) is 0. The van der Waals surface area contributed by atoms with Gasteiger partial charge in [-0.15, -0.1) is 0 Å². The molecular weight excluding hydrogens is 790 g/mol. The Hall–Kier alpha value is -1.93. The summed E-state index contributed by atoms with van der Waals surface area (Å²) in [6, 6.07) is 20.2. The number of imidazole rings is 1. The molecule has 0 atom stereocenters. The van der Waals surface area contributed by atoms with Crippen molar-refractivity contribution in [3.63, 3.8) is 0 Å². The Morgan fingerprint density at radius 1 is 0.443 bits per heavy atom. The van der Waals surface area contributed by atoms with Gasteiger partial charge in [-0.05, 0) is 74.6 Å². The van der Waals surface area contributed by atoms with Crippen molar-refractivity contribution in [1.29, 1.82) is 0 Å². The van der Waals surface area contributed by atoms with E-state index in [9.17, 15) is 0 Å². The predicted octanol–water partition coefficient (Wildman–Crippen LogP) is 8.74. The number of benzene rings is 3. The van der Waals surface area contributed by atoms with E-state index < -0.39 is 0 Å². The number of para-hydroxylation sites is 3. The molecule has 1 aliphatic heterocycles. The van der Waals surface area contributed by atoms with E-state index in [4.69, 9.17) is 33.7 Å². The van der Waals surface area contributed by atoms with Gasteiger partial charge in [0.2, 0.25) is 0 Å². The average Bonchev–Trinajstić information content (AvgIpc) is 3.63. The van der Waals surface area contributed by atoms with Crippen LogP contribution in [0.1, 0.15) is 152 Å². The van der Waals surface area contributed by atoms with E-state index in [2.05, 4.69) is 159 Å². The van der Waals surface area contributed by atoms with Crippen LogP contribution in [0, 0.1) is 6.33 Å². The van der Waals surface area contributed by atoms with Crippen LogP contribution in [-0.2, 0) is 28.4 Å². The largest absolute Gasteiger partial charge is 1.00 e. The second-order valence-corrected chi connectivity index (χ2v) is 17.4. The van der Waals surface area contributed by atoms with Gasteiger partial charge in [0.15, 0.2) is 0 Å². The third kappa shape index (κ3) is 16.2. The van der Waals surface area contributed by atoms with Crippen LogP contribution in [0.15, 0.2) is 60.8 Å². The number of hydrogen-bond donors (Lipinski definition) is 0. The van der Waals surface area contributed by atoms with Crippen LogP contribution in [0.25, 0.3) is 16.7 Å². The van der Waals surface area contributed by atoms with Crippen molar-refractivity contribution in [3.8, 4) is 11.4 Å². The predicted molar refractivity (Wildman–Crippen MR) is 245 cm³/mol. The minimum absolute atomic E-state index is 0. The Kier molecular flexibility index (Phi) is 24.6. The molecule has 3 aromatic carbocycles. The maximum atomic E-state index is 5.57. The first-order valence-corrected chi connectivity index (χ1v) is 22.5. The van der Waals surface area contributed by atoms with E-state index in [1.54, 1.807) is 0 Å². The van der Waals surface area contributed by atoms with Gasteiger partial charge in [-0.3, -0.25) is 9.13 Å². The normalized spacial score (nSPS) is 15.4.